The zero-order valence-electron chi connectivity index (χ0n) is 12.2. The predicted octanol–water partition coefficient (Wildman–Crippen LogP) is 1.26. The lowest BCUT2D eigenvalue weighted by molar-refractivity contribution is -0.0496. The molecular weight excluding hydrogens is 240 g/mol. The third kappa shape index (κ3) is 3.69. The maximum Gasteiger partial charge on any atom is 0.0619 e. The van der Waals surface area contributed by atoms with Crippen LogP contribution in [0.25, 0.3) is 0 Å². The molecule has 4 heteroatoms. The Hall–Kier alpha value is -0.160. The second kappa shape index (κ2) is 6.08. The van der Waals surface area contributed by atoms with Crippen molar-refractivity contribution in [2.75, 3.05) is 46.1 Å². The summed E-state index contributed by atoms with van der Waals surface area (Å²) in [6.45, 7) is 9.42. The molecule has 110 valence electrons. The van der Waals surface area contributed by atoms with Gasteiger partial charge < -0.3 is 14.8 Å². The minimum atomic E-state index is 0.423. The first-order valence-corrected chi connectivity index (χ1v) is 7.90. The van der Waals surface area contributed by atoms with Crippen molar-refractivity contribution >= 4 is 0 Å². The molecule has 0 radical (unpaired) electrons. The van der Waals surface area contributed by atoms with Crippen LogP contribution in [-0.4, -0.2) is 63.0 Å². The van der Waals surface area contributed by atoms with Gasteiger partial charge in [0.05, 0.1) is 13.2 Å². The second-order valence-electron chi connectivity index (χ2n) is 6.66. The molecule has 1 saturated carbocycles. The smallest absolute Gasteiger partial charge is 0.0619 e. The summed E-state index contributed by atoms with van der Waals surface area (Å²) >= 11 is 0. The molecule has 0 aromatic carbocycles. The minimum Gasteiger partial charge on any atom is -0.381 e. The van der Waals surface area contributed by atoms with Gasteiger partial charge in [-0.1, -0.05) is 0 Å². The van der Waals surface area contributed by atoms with E-state index in [4.69, 9.17) is 9.47 Å². The van der Waals surface area contributed by atoms with Crippen LogP contribution in [0, 0.1) is 5.41 Å². The largest absolute Gasteiger partial charge is 0.381 e. The fourth-order valence-electron chi connectivity index (χ4n) is 3.27. The van der Waals surface area contributed by atoms with E-state index in [-0.39, 0.29) is 0 Å². The molecule has 2 aliphatic heterocycles. The highest BCUT2D eigenvalue weighted by atomic mass is 16.5. The monoisotopic (exact) mass is 268 g/mol. The van der Waals surface area contributed by atoms with E-state index in [0.29, 0.717) is 11.5 Å². The predicted molar refractivity (Wildman–Crippen MR) is 75.4 cm³/mol. The molecule has 1 aliphatic carbocycles. The van der Waals surface area contributed by atoms with Crippen molar-refractivity contribution in [1.29, 1.82) is 0 Å². The van der Waals surface area contributed by atoms with Crippen molar-refractivity contribution in [3.8, 4) is 0 Å². The first kappa shape index (κ1) is 13.8. The van der Waals surface area contributed by atoms with Gasteiger partial charge in [0.15, 0.2) is 0 Å². The molecule has 1 unspecified atom stereocenters. The SMILES string of the molecule is CC1COCCN1CC1(CNC2CC2)CCOCC1. The lowest BCUT2D eigenvalue weighted by Gasteiger charge is -2.44. The molecule has 0 bridgehead atoms. The Labute approximate surface area is 116 Å². The summed E-state index contributed by atoms with van der Waals surface area (Å²) in [6, 6.07) is 1.37. The Bertz CT molecular complexity index is 288. The topological polar surface area (TPSA) is 33.7 Å². The van der Waals surface area contributed by atoms with E-state index in [1.165, 1.54) is 38.8 Å². The molecule has 19 heavy (non-hydrogen) atoms. The number of nitrogens with zero attached hydrogens (tertiary/aromatic N) is 1. The van der Waals surface area contributed by atoms with Gasteiger partial charge >= 0.3 is 0 Å². The first-order valence-electron chi connectivity index (χ1n) is 7.90. The van der Waals surface area contributed by atoms with E-state index in [2.05, 4.69) is 17.1 Å². The molecule has 0 aromatic heterocycles. The van der Waals surface area contributed by atoms with E-state index >= 15 is 0 Å². The van der Waals surface area contributed by atoms with Crippen molar-refractivity contribution in [2.24, 2.45) is 5.41 Å². The standard InChI is InChI=1S/C15H28N2O2/c1-13-10-19-9-6-17(13)12-15(4-7-18-8-5-15)11-16-14-2-3-14/h13-14,16H,2-12H2,1H3. The Kier molecular flexibility index (Phi) is 4.42. The maximum absolute atomic E-state index is 5.59. The summed E-state index contributed by atoms with van der Waals surface area (Å²) in [4.78, 5) is 2.63. The van der Waals surface area contributed by atoms with Gasteiger partial charge in [-0.15, -0.1) is 0 Å². The van der Waals surface area contributed by atoms with E-state index in [0.717, 1.165) is 39.0 Å². The fourth-order valence-corrected chi connectivity index (χ4v) is 3.27. The van der Waals surface area contributed by atoms with Gasteiger partial charge in [0.2, 0.25) is 0 Å². The summed E-state index contributed by atoms with van der Waals surface area (Å²) in [5, 5.41) is 3.76. The maximum atomic E-state index is 5.59. The van der Waals surface area contributed by atoms with Crippen molar-refractivity contribution < 1.29 is 9.47 Å². The Morgan fingerprint density at radius 3 is 2.63 bits per heavy atom. The van der Waals surface area contributed by atoms with Crippen LogP contribution in [0.3, 0.4) is 0 Å². The molecule has 3 aliphatic rings. The number of hydrogen-bond acceptors (Lipinski definition) is 4. The highest BCUT2D eigenvalue weighted by molar-refractivity contribution is 4.92. The van der Waals surface area contributed by atoms with Crippen LogP contribution in [0.1, 0.15) is 32.6 Å². The zero-order valence-corrected chi connectivity index (χ0v) is 12.2. The van der Waals surface area contributed by atoms with E-state index in [1.54, 1.807) is 0 Å². The van der Waals surface area contributed by atoms with Gasteiger partial charge in [0, 0.05) is 44.9 Å². The number of ether oxygens (including phenoxy) is 2. The molecule has 0 amide bonds. The molecular formula is C15H28N2O2. The second-order valence-corrected chi connectivity index (χ2v) is 6.66. The molecule has 2 saturated heterocycles. The normalized spacial score (nSPS) is 32.4. The lowest BCUT2D eigenvalue weighted by Crippen LogP contribution is -2.53. The van der Waals surface area contributed by atoms with Crippen LogP contribution in [-0.2, 0) is 9.47 Å². The highest BCUT2D eigenvalue weighted by Gasteiger charge is 2.37. The molecule has 3 rings (SSSR count). The summed E-state index contributed by atoms with van der Waals surface area (Å²) < 4.78 is 11.2. The summed E-state index contributed by atoms with van der Waals surface area (Å²) in [5.74, 6) is 0. The van der Waals surface area contributed by atoms with E-state index in [1.807, 2.05) is 0 Å². The van der Waals surface area contributed by atoms with Crippen LogP contribution in [0.2, 0.25) is 0 Å². The van der Waals surface area contributed by atoms with E-state index < -0.39 is 0 Å². The van der Waals surface area contributed by atoms with Crippen molar-refractivity contribution in [1.82, 2.24) is 10.2 Å². The molecule has 1 N–H and O–H groups in total. The first-order chi connectivity index (χ1) is 9.27. The van der Waals surface area contributed by atoms with Gasteiger partial charge in [-0.2, -0.15) is 0 Å². The van der Waals surface area contributed by atoms with Crippen molar-refractivity contribution in [2.45, 2.75) is 44.7 Å². The van der Waals surface area contributed by atoms with Crippen LogP contribution >= 0.6 is 0 Å². The van der Waals surface area contributed by atoms with Gasteiger partial charge in [-0.3, -0.25) is 4.90 Å². The van der Waals surface area contributed by atoms with Crippen LogP contribution < -0.4 is 5.32 Å². The van der Waals surface area contributed by atoms with Crippen molar-refractivity contribution in [3.05, 3.63) is 0 Å². The molecule has 4 nitrogen and oxygen atoms in total. The average Bonchev–Trinajstić information content (AvgIpc) is 3.25. The summed E-state index contributed by atoms with van der Waals surface area (Å²) in [6.07, 6.45) is 5.16. The Morgan fingerprint density at radius 2 is 1.95 bits per heavy atom. The molecule has 2 heterocycles. The fraction of sp³-hybridized carbons (Fsp3) is 1.00. The van der Waals surface area contributed by atoms with Crippen molar-refractivity contribution in [3.63, 3.8) is 0 Å². The van der Waals surface area contributed by atoms with Gasteiger partial charge in [0.1, 0.15) is 0 Å². The third-order valence-electron chi connectivity index (χ3n) is 4.94. The summed E-state index contributed by atoms with van der Waals surface area (Å²) in [7, 11) is 0. The van der Waals surface area contributed by atoms with Crippen LogP contribution in [0.4, 0.5) is 0 Å². The number of rotatable bonds is 5. The average molecular weight is 268 g/mol. The van der Waals surface area contributed by atoms with Gasteiger partial charge in [-0.25, -0.2) is 0 Å². The number of hydrogen-bond donors (Lipinski definition) is 1. The third-order valence-corrected chi connectivity index (χ3v) is 4.94. The highest BCUT2D eigenvalue weighted by Crippen LogP contribution is 2.33. The quantitative estimate of drug-likeness (QED) is 0.814. The Morgan fingerprint density at radius 1 is 1.16 bits per heavy atom. The molecule has 3 fully saturated rings. The summed E-state index contributed by atoms with van der Waals surface area (Å²) in [5.41, 5.74) is 0.423. The molecule has 0 spiro atoms. The van der Waals surface area contributed by atoms with E-state index in [9.17, 15) is 0 Å². The van der Waals surface area contributed by atoms with Crippen LogP contribution in [0.15, 0.2) is 0 Å². The van der Waals surface area contributed by atoms with Gasteiger partial charge in [0.25, 0.3) is 0 Å². The lowest BCUT2D eigenvalue weighted by atomic mass is 9.79. The van der Waals surface area contributed by atoms with Crippen LogP contribution in [0.5, 0.6) is 0 Å². The molecule has 0 aromatic rings. The number of morpholine rings is 1. The zero-order chi connectivity index (χ0) is 13.1. The Balaban J connectivity index is 1.59. The number of nitrogens with one attached hydrogen (secondary N) is 1. The molecule has 1 atom stereocenters. The minimum absolute atomic E-state index is 0.423. The van der Waals surface area contributed by atoms with Gasteiger partial charge in [-0.05, 0) is 38.0 Å².